The molecule has 1 aromatic carbocycles. The van der Waals surface area contributed by atoms with Crippen molar-refractivity contribution in [2.24, 2.45) is 28.8 Å². The molecule has 2 bridgehead atoms. The maximum atomic E-state index is 14.4. The quantitative estimate of drug-likeness (QED) is 0.477. The number of amides is 2. The normalized spacial score (nSPS) is 32.5. The number of hydrogen-bond donors (Lipinski definition) is 0. The van der Waals surface area contributed by atoms with E-state index in [1.165, 1.54) is 12.3 Å². The molecule has 0 aromatic heterocycles. The average molecular weight is 353 g/mol. The van der Waals surface area contributed by atoms with Gasteiger partial charge in [0.05, 0.1) is 18.1 Å². The van der Waals surface area contributed by atoms with Crippen LogP contribution in [0.15, 0.2) is 35.5 Å². The van der Waals surface area contributed by atoms with Crippen molar-refractivity contribution in [2.45, 2.75) is 19.3 Å². The Morgan fingerprint density at radius 1 is 1.04 bits per heavy atom. The molecule has 5 rings (SSSR count). The molecular formula is C20H20FN3O2. The van der Waals surface area contributed by atoms with Crippen molar-refractivity contribution in [1.82, 2.24) is 5.01 Å². The standard InChI is InChI=1S/C20H20FN3O2/c21-16-10-15(23-7-1-2-8-23)6-5-14(16)11-22-24-19(25)17-12-3-4-13(9-12)18(17)20(24)26/h3-6,10-13,17-18H,1-2,7-9H2. The van der Waals surface area contributed by atoms with Crippen molar-refractivity contribution in [3.8, 4) is 0 Å². The van der Waals surface area contributed by atoms with Gasteiger partial charge in [0.15, 0.2) is 0 Å². The van der Waals surface area contributed by atoms with E-state index in [2.05, 4.69) is 10.0 Å². The first kappa shape index (κ1) is 15.7. The zero-order valence-corrected chi connectivity index (χ0v) is 14.3. The highest BCUT2D eigenvalue weighted by atomic mass is 19.1. The van der Waals surface area contributed by atoms with Gasteiger partial charge in [-0.25, -0.2) is 4.39 Å². The van der Waals surface area contributed by atoms with E-state index >= 15 is 0 Å². The third-order valence-corrected chi connectivity index (χ3v) is 6.21. The van der Waals surface area contributed by atoms with Crippen LogP contribution in [0, 0.1) is 29.5 Å². The molecule has 2 amide bonds. The summed E-state index contributed by atoms with van der Waals surface area (Å²) in [5.74, 6) is -1.14. The van der Waals surface area contributed by atoms with Gasteiger partial charge in [-0.05, 0) is 49.3 Å². The number of anilines is 1. The highest BCUT2D eigenvalue weighted by Crippen LogP contribution is 2.52. The number of nitrogens with zero attached hydrogens (tertiary/aromatic N) is 3. The number of hydrazone groups is 1. The van der Waals surface area contributed by atoms with Crippen molar-refractivity contribution < 1.29 is 14.0 Å². The molecule has 0 N–H and O–H groups in total. The van der Waals surface area contributed by atoms with E-state index in [4.69, 9.17) is 0 Å². The molecule has 0 spiro atoms. The van der Waals surface area contributed by atoms with Crippen LogP contribution >= 0.6 is 0 Å². The van der Waals surface area contributed by atoms with Crippen molar-refractivity contribution in [3.05, 3.63) is 41.7 Å². The first-order valence-electron chi connectivity index (χ1n) is 9.28. The van der Waals surface area contributed by atoms with Gasteiger partial charge >= 0.3 is 0 Å². The first-order chi connectivity index (χ1) is 12.6. The molecule has 3 fully saturated rings. The Balaban J connectivity index is 1.36. The Bertz CT molecular complexity index is 813. The number of imide groups is 1. The van der Waals surface area contributed by atoms with E-state index in [9.17, 15) is 14.0 Å². The summed E-state index contributed by atoms with van der Waals surface area (Å²) in [7, 11) is 0. The van der Waals surface area contributed by atoms with E-state index in [0.29, 0.717) is 0 Å². The molecule has 5 nitrogen and oxygen atoms in total. The van der Waals surface area contributed by atoms with E-state index in [0.717, 1.165) is 43.0 Å². The van der Waals surface area contributed by atoms with Gasteiger partial charge in [-0.15, -0.1) is 0 Å². The monoisotopic (exact) mass is 353 g/mol. The molecule has 2 aliphatic heterocycles. The molecule has 1 aromatic rings. The predicted octanol–water partition coefficient (Wildman–Crippen LogP) is 2.57. The molecule has 26 heavy (non-hydrogen) atoms. The van der Waals surface area contributed by atoms with Crippen LogP contribution in [0.3, 0.4) is 0 Å². The third kappa shape index (κ3) is 2.24. The maximum absolute atomic E-state index is 14.4. The summed E-state index contributed by atoms with van der Waals surface area (Å²) in [6.45, 7) is 1.89. The number of carbonyl (C=O) groups is 2. The second-order valence-corrected chi connectivity index (χ2v) is 7.63. The molecule has 4 atom stereocenters. The number of benzene rings is 1. The number of carbonyl (C=O) groups excluding carboxylic acids is 2. The summed E-state index contributed by atoms with van der Waals surface area (Å²) in [4.78, 5) is 27.3. The lowest BCUT2D eigenvalue weighted by Crippen LogP contribution is -2.28. The SMILES string of the molecule is O=C1C2C3C=CC(C3)C2C(=O)N1N=Cc1ccc(N2CCCC2)cc1F. The molecule has 2 saturated heterocycles. The largest absolute Gasteiger partial charge is 0.371 e. The van der Waals surface area contributed by atoms with Gasteiger partial charge in [-0.1, -0.05) is 12.2 Å². The van der Waals surface area contributed by atoms with E-state index in [1.54, 1.807) is 6.07 Å². The van der Waals surface area contributed by atoms with Gasteiger partial charge in [0, 0.05) is 24.3 Å². The Labute approximate surface area is 151 Å². The molecule has 2 heterocycles. The zero-order chi connectivity index (χ0) is 17.8. The first-order valence-corrected chi connectivity index (χ1v) is 9.28. The van der Waals surface area contributed by atoms with Gasteiger partial charge in [0.2, 0.25) is 0 Å². The van der Waals surface area contributed by atoms with Gasteiger partial charge in [0.1, 0.15) is 5.82 Å². The van der Waals surface area contributed by atoms with Crippen molar-refractivity contribution >= 4 is 23.7 Å². The van der Waals surface area contributed by atoms with Crippen molar-refractivity contribution in [3.63, 3.8) is 0 Å². The second-order valence-electron chi connectivity index (χ2n) is 7.63. The summed E-state index contributed by atoms with van der Waals surface area (Å²) in [6.07, 6.45) is 8.51. The van der Waals surface area contributed by atoms with E-state index in [-0.39, 0.29) is 46.9 Å². The molecule has 0 radical (unpaired) electrons. The summed E-state index contributed by atoms with van der Waals surface area (Å²) in [5, 5.41) is 5.00. The molecule has 4 unspecified atom stereocenters. The van der Waals surface area contributed by atoms with Crippen LogP contribution in [0.25, 0.3) is 0 Å². The summed E-state index contributed by atoms with van der Waals surface area (Å²) < 4.78 is 14.4. The van der Waals surface area contributed by atoms with E-state index in [1.807, 2.05) is 18.2 Å². The molecule has 1 saturated carbocycles. The fraction of sp³-hybridized carbons (Fsp3) is 0.450. The minimum atomic E-state index is -0.390. The molecule has 134 valence electrons. The number of hydrogen-bond acceptors (Lipinski definition) is 4. The summed E-state index contributed by atoms with van der Waals surface area (Å²) in [6, 6.07) is 5.02. The minimum absolute atomic E-state index is 0.151. The Morgan fingerprint density at radius 3 is 2.31 bits per heavy atom. The van der Waals surface area contributed by atoms with E-state index < -0.39 is 0 Å². The maximum Gasteiger partial charge on any atom is 0.254 e. The Hall–Kier alpha value is -2.50. The highest BCUT2D eigenvalue weighted by Gasteiger charge is 2.59. The van der Waals surface area contributed by atoms with Crippen LogP contribution in [0.5, 0.6) is 0 Å². The Morgan fingerprint density at radius 2 is 1.69 bits per heavy atom. The fourth-order valence-corrected chi connectivity index (χ4v) is 4.91. The van der Waals surface area contributed by atoms with Crippen LogP contribution in [0.2, 0.25) is 0 Å². The van der Waals surface area contributed by atoms with Gasteiger partial charge in [0.25, 0.3) is 11.8 Å². The van der Waals surface area contributed by atoms with Gasteiger partial charge < -0.3 is 4.90 Å². The summed E-state index contributed by atoms with van der Waals surface area (Å²) in [5.41, 5.74) is 1.15. The number of rotatable bonds is 3. The number of allylic oxidation sites excluding steroid dienone is 2. The predicted molar refractivity (Wildman–Crippen MR) is 95.0 cm³/mol. The lowest BCUT2D eigenvalue weighted by atomic mass is 9.85. The molecular weight excluding hydrogens is 333 g/mol. The van der Waals surface area contributed by atoms with Crippen molar-refractivity contribution in [2.75, 3.05) is 18.0 Å². The minimum Gasteiger partial charge on any atom is -0.371 e. The van der Waals surface area contributed by atoms with Crippen LogP contribution in [0.1, 0.15) is 24.8 Å². The highest BCUT2D eigenvalue weighted by molar-refractivity contribution is 6.06. The lowest BCUT2D eigenvalue weighted by molar-refractivity contribution is -0.140. The summed E-state index contributed by atoms with van der Waals surface area (Å²) >= 11 is 0. The third-order valence-electron chi connectivity index (χ3n) is 6.21. The number of fused-ring (bicyclic) bond motifs is 5. The fourth-order valence-electron chi connectivity index (χ4n) is 4.91. The Kier molecular flexibility index (Phi) is 3.48. The molecule has 4 aliphatic rings. The second kappa shape index (κ2) is 5.76. The zero-order valence-electron chi connectivity index (χ0n) is 14.3. The molecule has 6 heteroatoms. The van der Waals surface area contributed by atoms with Gasteiger partial charge in [-0.2, -0.15) is 10.1 Å². The van der Waals surface area contributed by atoms with Gasteiger partial charge in [-0.3, -0.25) is 9.59 Å². The van der Waals surface area contributed by atoms with Crippen LogP contribution < -0.4 is 4.90 Å². The van der Waals surface area contributed by atoms with Crippen molar-refractivity contribution in [1.29, 1.82) is 0 Å². The topological polar surface area (TPSA) is 53.0 Å². The molecule has 2 aliphatic carbocycles. The lowest BCUT2D eigenvalue weighted by Gasteiger charge is -2.17. The number of halogens is 1. The van der Waals surface area contributed by atoms with Crippen LogP contribution in [-0.2, 0) is 9.59 Å². The van der Waals surface area contributed by atoms with Crippen LogP contribution in [0.4, 0.5) is 10.1 Å². The van der Waals surface area contributed by atoms with Crippen LogP contribution in [-0.4, -0.2) is 36.1 Å². The smallest absolute Gasteiger partial charge is 0.254 e. The average Bonchev–Trinajstić information content (AvgIpc) is 3.40.